The first-order valence-corrected chi connectivity index (χ1v) is 12.1. The largest absolute Gasteiger partial charge is 0.444 e. The molecule has 0 N–H and O–H groups in total. The molecule has 0 spiro atoms. The van der Waals surface area contributed by atoms with Crippen LogP contribution in [0.3, 0.4) is 0 Å². The second-order valence-corrected chi connectivity index (χ2v) is 10.3. The molecule has 33 heavy (non-hydrogen) atoms. The second kappa shape index (κ2) is 8.71. The summed E-state index contributed by atoms with van der Waals surface area (Å²) in [6, 6.07) is 6.49. The van der Waals surface area contributed by atoms with Crippen molar-refractivity contribution in [2.75, 3.05) is 31.2 Å². The van der Waals surface area contributed by atoms with Crippen LogP contribution in [-0.2, 0) is 28.9 Å². The molecule has 2 radical (unpaired) electrons. The zero-order valence-corrected chi connectivity index (χ0v) is 20.0. The molecule has 5 rings (SSSR count). The van der Waals surface area contributed by atoms with Crippen molar-refractivity contribution in [2.45, 2.75) is 71.1 Å². The van der Waals surface area contributed by atoms with E-state index in [2.05, 4.69) is 21.7 Å². The van der Waals surface area contributed by atoms with Crippen molar-refractivity contribution in [2.24, 2.45) is 0 Å². The van der Waals surface area contributed by atoms with Crippen molar-refractivity contribution >= 4 is 30.9 Å². The van der Waals surface area contributed by atoms with E-state index in [9.17, 15) is 4.79 Å². The number of nitrogens with zero attached hydrogens (tertiary/aromatic N) is 4. The van der Waals surface area contributed by atoms with E-state index >= 15 is 0 Å². The van der Waals surface area contributed by atoms with Crippen LogP contribution in [0.4, 0.5) is 16.3 Å². The molecule has 1 aromatic carbocycles. The van der Waals surface area contributed by atoms with Crippen molar-refractivity contribution in [1.29, 1.82) is 0 Å². The summed E-state index contributed by atoms with van der Waals surface area (Å²) in [5.41, 5.74) is 5.10. The molecule has 3 aliphatic heterocycles. The Kier molecular flexibility index (Phi) is 5.89. The third-order valence-corrected chi connectivity index (χ3v) is 6.73. The SMILES string of the molecule is [B]c1ccc2c(c1)CCCN2c1nn(C2CCOCC2)c2c1CN(C(=O)OC(C)(C)C)CC2. The number of rotatable bonds is 2. The van der Waals surface area contributed by atoms with E-state index in [0.29, 0.717) is 19.1 Å². The maximum absolute atomic E-state index is 12.9. The van der Waals surface area contributed by atoms with Gasteiger partial charge in [0.2, 0.25) is 0 Å². The van der Waals surface area contributed by atoms with Crippen LogP contribution in [0.2, 0.25) is 0 Å². The molecule has 0 bridgehead atoms. The summed E-state index contributed by atoms with van der Waals surface area (Å²) in [5.74, 6) is 0.968. The number of aryl methyl sites for hydroxylation is 1. The molecule has 1 amide bonds. The lowest BCUT2D eigenvalue weighted by molar-refractivity contribution is 0.0221. The summed E-state index contributed by atoms with van der Waals surface area (Å²) in [7, 11) is 6.07. The molecule has 3 aliphatic rings. The van der Waals surface area contributed by atoms with Gasteiger partial charge in [-0.15, -0.1) is 0 Å². The van der Waals surface area contributed by atoms with Crippen LogP contribution in [0, 0.1) is 0 Å². The smallest absolute Gasteiger partial charge is 0.410 e. The first-order valence-electron chi connectivity index (χ1n) is 12.1. The number of hydrogen-bond acceptors (Lipinski definition) is 5. The van der Waals surface area contributed by atoms with Gasteiger partial charge in [0, 0.05) is 49.7 Å². The third kappa shape index (κ3) is 4.50. The zero-order chi connectivity index (χ0) is 23.2. The fraction of sp³-hybridized carbons (Fsp3) is 0.600. The van der Waals surface area contributed by atoms with Crippen LogP contribution in [-0.4, -0.2) is 60.5 Å². The second-order valence-electron chi connectivity index (χ2n) is 10.3. The Balaban J connectivity index is 1.53. The number of anilines is 2. The molecule has 4 heterocycles. The van der Waals surface area contributed by atoms with E-state index in [1.165, 1.54) is 16.9 Å². The molecule has 8 heteroatoms. The monoisotopic (exact) mass is 448 g/mol. The van der Waals surface area contributed by atoms with Gasteiger partial charge in [0.15, 0.2) is 5.82 Å². The maximum Gasteiger partial charge on any atom is 0.410 e. The van der Waals surface area contributed by atoms with Crippen molar-refractivity contribution < 1.29 is 14.3 Å². The summed E-state index contributed by atoms with van der Waals surface area (Å²) in [6.07, 6.45) is 4.52. The highest BCUT2D eigenvalue weighted by Gasteiger charge is 2.35. The predicted molar refractivity (Wildman–Crippen MR) is 129 cm³/mol. The summed E-state index contributed by atoms with van der Waals surface area (Å²) < 4.78 is 13.5. The molecule has 1 aromatic heterocycles. The van der Waals surface area contributed by atoms with Gasteiger partial charge in [-0.05, 0) is 58.1 Å². The number of benzene rings is 1. The Hall–Kier alpha value is -2.48. The number of carbonyl (C=O) groups is 1. The van der Waals surface area contributed by atoms with E-state index in [0.717, 1.165) is 68.7 Å². The number of amides is 1. The average Bonchev–Trinajstić information content (AvgIpc) is 3.16. The summed E-state index contributed by atoms with van der Waals surface area (Å²) in [6.45, 7) is 9.32. The summed E-state index contributed by atoms with van der Waals surface area (Å²) in [4.78, 5) is 17.0. The molecule has 2 aromatic rings. The highest BCUT2D eigenvalue weighted by molar-refractivity contribution is 6.32. The number of fused-ring (bicyclic) bond motifs is 2. The quantitative estimate of drug-likeness (QED) is 0.660. The minimum absolute atomic E-state index is 0.260. The fourth-order valence-electron chi connectivity index (χ4n) is 5.20. The van der Waals surface area contributed by atoms with Gasteiger partial charge in [-0.2, -0.15) is 5.10 Å². The number of aromatic nitrogens is 2. The van der Waals surface area contributed by atoms with Crippen LogP contribution in [0.25, 0.3) is 0 Å². The Morgan fingerprint density at radius 1 is 1.18 bits per heavy atom. The topological polar surface area (TPSA) is 59.8 Å². The first kappa shape index (κ1) is 22.3. The molecule has 1 saturated heterocycles. The minimum atomic E-state index is -0.516. The molecule has 0 unspecified atom stereocenters. The van der Waals surface area contributed by atoms with Gasteiger partial charge in [0.05, 0.1) is 12.6 Å². The zero-order valence-electron chi connectivity index (χ0n) is 20.0. The van der Waals surface area contributed by atoms with Crippen LogP contribution >= 0.6 is 0 Å². The molecule has 0 saturated carbocycles. The molecule has 1 fully saturated rings. The highest BCUT2D eigenvalue weighted by Crippen LogP contribution is 2.39. The molecular formula is C25H33BN4O3. The van der Waals surface area contributed by atoms with E-state index in [4.69, 9.17) is 22.4 Å². The van der Waals surface area contributed by atoms with E-state index in [1.54, 1.807) is 0 Å². The van der Waals surface area contributed by atoms with Gasteiger partial charge in [-0.3, -0.25) is 4.68 Å². The van der Waals surface area contributed by atoms with Gasteiger partial charge in [-0.1, -0.05) is 17.6 Å². The van der Waals surface area contributed by atoms with Gasteiger partial charge in [0.1, 0.15) is 13.4 Å². The Bertz CT molecular complexity index is 1040. The summed E-state index contributed by atoms with van der Waals surface area (Å²) >= 11 is 0. The molecule has 174 valence electrons. The van der Waals surface area contributed by atoms with Gasteiger partial charge < -0.3 is 19.3 Å². The normalized spacial score (nSPS) is 19.2. The lowest BCUT2D eigenvalue weighted by Crippen LogP contribution is -2.40. The summed E-state index contributed by atoms with van der Waals surface area (Å²) in [5, 5.41) is 5.21. The first-order chi connectivity index (χ1) is 15.8. The van der Waals surface area contributed by atoms with Crippen LogP contribution in [0.1, 0.15) is 62.9 Å². The van der Waals surface area contributed by atoms with Crippen molar-refractivity contribution in [3.8, 4) is 0 Å². The highest BCUT2D eigenvalue weighted by atomic mass is 16.6. The Morgan fingerprint density at radius 3 is 2.73 bits per heavy atom. The van der Waals surface area contributed by atoms with Gasteiger partial charge in [-0.25, -0.2) is 4.79 Å². The van der Waals surface area contributed by atoms with E-state index in [-0.39, 0.29) is 6.09 Å². The number of carbonyl (C=O) groups excluding carboxylic acids is 1. The fourth-order valence-corrected chi connectivity index (χ4v) is 5.20. The number of ether oxygens (including phenoxy) is 2. The number of hydrogen-bond donors (Lipinski definition) is 0. The van der Waals surface area contributed by atoms with Crippen molar-refractivity contribution in [1.82, 2.24) is 14.7 Å². The molecule has 0 atom stereocenters. The Morgan fingerprint density at radius 2 is 1.97 bits per heavy atom. The van der Waals surface area contributed by atoms with Crippen LogP contribution in [0.15, 0.2) is 18.2 Å². The predicted octanol–water partition coefficient (Wildman–Crippen LogP) is 3.41. The van der Waals surface area contributed by atoms with E-state index < -0.39 is 5.60 Å². The molecule has 7 nitrogen and oxygen atoms in total. The lowest BCUT2D eigenvalue weighted by Gasteiger charge is -2.33. The third-order valence-electron chi connectivity index (χ3n) is 6.73. The van der Waals surface area contributed by atoms with Crippen molar-refractivity contribution in [3.63, 3.8) is 0 Å². The standard InChI is InChI=1S/C25H33BN4O3/c1-25(2,3)33-24(31)28-12-8-22-20(16-28)23(27-30(22)19-9-13-32-14-10-19)29-11-4-5-17-15-18(26)6-7-21(17)29/h6-7,15,19H,4-5,8-14,16H2,1-3H3. The van der Waals surface area contributed by atoms with E-state index in [1.807, 2.05) is 31.7 Å². The average molecular weight is 448 g/mol. The lowest BCUT2D eigenvalue weighted by atomic mass is 9.90. The molecule has 0 aliphatic carbocycles. The van der Waals surface area contributed by atoms with Crippen LogP contribution < -0.4 is 10.4 Å². The van der Waals surface area contributed by atoms with Crippen LogP contribution in [0.5, 0.6) is 0 Å². The molecular weight excluding hydrogens is 415 g/mol. The Labute approximate surface area is 197 Å². The minimum Gasteiger partial charge on any atom is -0.444 e. The van der Waals surface area contributed by atoms with Crippen molar-refractivity contribution in [3.05, 3.63) is 35.0 Å². The van der Waals surface area contributed by atoms with Gasteiger partial charge in [0.25, 0.3) is 0 Å². The van der Waals surface area contributed by atoms with Gasteiger partial charge >= 0.3 is 6.09 Å². The maximum atomic E-state index is 12.9.